The van der Waals surface area contributed by atoms with E-state index in [1.54, 1.807) is 0 Å². The number of aromatic nitrogens is 1. The van der Waals surface area contributed by atoms with Crippen LogP contribution in [0.1, 0.15) is 57.4 Å². The summed E-state index contributed by atoms with van der Waals surface area (Å²) in [5.74, 6) is 0.661. The maximum atomic E-state index is 13.5. The summed E-state index contributed by atoms with van der Waals surface area (Å²) in [5.41, 5.74) is 15.9. The number of anilines is 2. The van der Waals surface area contributed by atoms with Gasteiger partial charge in [0.05, 0.1) is 12.3 Å². The Balaban J connectivity index is 1.64. The van der Waals surface area contributed by atoms with E-state index in [-0.39, 0.29) is 5.91 Å². The first-order valence-corrected chi connectivity index (χ1v) is 13.0. The Morgan fingerprint density at radius 1 is 1.09 bits per heavy atom. The van der Waals surface area contributed by atoms with Crippen LogP contribution in [0.15, 0.2) is 36.4 Å². The molecule has 0 aliphatic heterocycles. The highest BCUT2D eigenvalue weighted by molar-refractivity contribution is 7.21. The predicted molar refractivity (Wildman–Crippen MR) is 146 cm³/mol. The van der Waals surface area contributed by atoms with Gasteiger partial charge in [0.15, 0.2) is 0 Å². The van der Waals surface area contributed by atoms with Crippen molar-refractivity contribution in [2.75, 3.05) is 17.7 Å². The van der Waals surface area contributed by atoms with Gasteiger partial charge >= 0.3 is 0 Å². The van der Waals surface area contributed by atoms with Gasteiger partial charge in [0.2, 0.25) is 0 Å². The van der Waals surface area contributed by atoms with E-state index in [2.05, 4.69) is 36.5 Å². The number of fused-ring (bicyclic) bond motifs is 2. The molecule has 35 heavy (non-hydrogen) atoms. The summed E-state index contributed by atoms with van der Waals surface area (Å²) in [6.07, 6.45) is 4.19. The fraction of sp³-hybridized carbons (Fsp3) is 0.310. The minimum absolute atomic E-state index is 0.184. The summed E-state index contributed by atoms with van der Waals surface area (Å²) in [7, 11) is 0. The normalized spacial score (nSPS) is 13.0. The first kappa shape index (κ1) is 23.4. The smallest absolute Gasteiger partial charge is 0.267 e. The van der Waals surface area contributed by atoms with E-state index in [1.165, 1.54) is 22.5 Å². The van der Waals surface area contributed by atoms with Crippen LogP contribution in [0.2, 0.25) is 0 Å². The van der Waals surface area contributed by atoms with Crippen LogP contribution in [0, 0.1) is 20.8 Å². The van der Waals surface area contributed by atoms with Gasteiger partial charge in [-0.25, -0.2) is 4.98 Å². The molecule has 0 bridgehead atoms. The Hall–Kier alpha value is -3.38. The lowest BCUT2D eigenvalue weighted by molar-refractivity contribution is 0.103. The number of nitrogen functional groups attached to an aromatic ring is 1. The number of rotatable bonds is 5. The van der Waals surface area contributed by atoms with Gasteiger partial charge in [-0.05, 0) is 93.3 Å². The van der Waals surface area contributed by atoms with E-state index in [1.807, 2.05) is 32.9 Å². The molecule has 3 N–H and O–H groups in total. The fourth-order valence-electron chi connectivity index (χ4n) is 5.23. The maximum Gasteiger partial charge on any atom is 0.267 e. The van der Waals surface area contributed by atoms with Crippen LogP contribution in [0.5, 0.6) is 5.75 Å². The molecule has 5 rings (SSSR count). The molecule has 0 fully saturated rings. The number of benzene rings is 2. The number of thiophene rings is 1. The number of nitrogens with one attached hydrogen (secondary N) is 1. The van der Waals surface area contributed by atoms with E-state index >= 15 is 0 Å². The van der Waals surface area contributed by atoms with Crippen LogP contribution >= 0.6 is 11.3 Å². The predicted octanol–water partition coefficient (Wildman–Crippen LogP) is 7.00. The first-order chi connectivity index (χ1) is 16.9. The van der Waals surface area contributed by atoms with E-state index in [9.17, 15) is 4.79 Å². The minimum Gasteiger partial charge on any atom is -0.494 e. The van der Waals surface area contributed by atoms with Crippen molar-refractivity contribution in [1.29, 1.82) is 0 Å². The van der Waals surface area contributed by atoms with E-state index in [4.69, 9.17) is 15.5 Å². The Labute approximate surface area is 210 Å². The van der Waals surface area contributed by atoms with Gasteiger partial charge in [-0.3, -0.25) is 4.79 Å². The summed E-state index contributed by atoms with van der Waals surface area (Å²) in [5, 5.41) is 4.01. The topological polar surface area (TPSA) is 77.2 Å². The summed E-state index contributed by atoms with van der Waals surface area (Å²) in [6, 6.07) is 12.3. The Kier molecular flexibility index (Phi) is 6.24. The van der Waals surface area contributed by atoms with Gasteiger partial charge < -0.3 is 15.8 Å². The molecule has 1 aliphatic rings. The Morgan fingerprint density at radius 2 is 1.77 bits per heavy atom. The molecule has 0 unspecified atom stereocenters. The first-order valence-electron chi connectivity index (χ1n) is 12.2. The number of hydrogen-bond acceptors (Lipinski definition) is 5. The number of pyridine rings is 1. The monoisotopic (exact) mass is 485 g/mol. The van der Waals surface area contributed by atoms with Gasteiger partial charge in [-0.15, -0.1) is 11.3 Å². The maximum absolute atomic E-state index is 13.5. The summed E-state index contributed by atoms with van der Waals surface area (Å²) in [4.78, 5) is 19.8. The number of nitrogens with zero attached hydrogens (tertiary/aromatic N) is 1. The van der Waals surface area contributed by atoms with Crippen molar-refractivity contribution < 1.29 is 9.53 Å². The van der Waals surface area contributed by atoms with Gasteiger partial charge in [-0.1, -0.05) is 29.8 Å². The molecule has 2 aromatic carbocycles. The van der Waals surface area contributed by atoms with Crippen LogP contribution < -0.4 is 15.8 Å². The summed E-state index contributed by atoms with van der Waals surface area (Å²) >= 11 is 1.39. The van der Waals surface area contributed by atoms with Crippen LogP contribution in [0.25, 0.3) is 21.3 Å². The highest BCUT2D eigenvalue weighted by Crippen LogP contribution is 2.44. The fourth-order valence-corrected chi connectivity index (χ4v) is 6.25. The Bertz CT molecular complexity index is 1410. The molecule has 6 heteroatoms. The molecule has 1 amide bonds. The zero-order valence-electron chi connectivity index (χ0n) is 20.7. The van der Waals surface area contributed by atoms with Crippen molar-refractivity contribution in [3.63, 3.8) is 0 Å². The molecule has 0 spiro atoms. The van der Waals surface area contributed by atoms with Gasteiger partial charge in [0.25, 0.3) is 5.91 Å². The molecular weight excluding hydrogens is 454 g/mol. The molecule has 180 valence electrons. The second kappa shape index (κ2) is 9.34. The third-order valence-electron chi connectivity index (χ3n) is 6.73. The molecule has 0 saturated carbocycles. The van der Waals surface area contributed by atoms with Crippen molar-refractivity contribution in [3.05, 3.63) is 69.2 Å². The number of aryl methyl sites for hydroxylation is 4. The molecule has 2 heterocycles. The molecule has 0 radical (unpaired) electrons. The van der Waals surface area contributed by atoms with Crippen molar-refractivity contribution in [3.8, 4) is 16.9 Å². The molecule has 1 aliphatic carbocycles. The lowest BCUT2D eigenvalue weighted by Gasteiger charge is -2.20. The number of nitrogens with two attached hydrogens (primary N) is 1. The number of carbonyl (C=O) groups is 1. The zero-order chi connectivity index (χ0) is 24.7. The number of carbonyl (C=O) groups excluding carboxylic acids is 1. The van der Waals surface area contributed by atoms with E-state index < -0.39 is 0 Å². The quantitative estimate of drug-likeness (QED) is 0.319. The largest absolute Gasteiger partial charge is 0.494 e. The van der Waals surface area contributed by atoms with Gasteiger partial charge in [0.1, 0.15) is 15.5 Å². The third kappa shape index (κ3) is 4.27. The average Bonchev–Trinajstić information content (AvgIpc) is 3.16. The lowest BCUT2D eigenvalue weighted by atomic mass is 9.87. The molecule has 0 saturated heterocycles. The van der Waals surface area contributed by atoms with E-state index in [0.717, 1.165) is 75.3 Å². The van der Waals surface area contributed by atoms with Crippen molar-refractivity contribution in [2.45, 2.75) is 53.4 Å². The highest BCUT2D eigenvalue weighted by atomic mass is 32.1. The third-order valence-corrected chi connectivity index (χ3v) is 7.83. The SMILES string of the molecule is CCOc1ccc(-c2c3c(nc4sc(C(=O)Nc5c(C)cc(C)cc5C)c(N)c24)CCCC3)cc1. The van der Waals surface area contributed by atoms with Crippen LogP contribution in [-0.4, -0.2) is 17.5 Å². The number of amides is 1. The molecule has 4 aromatic rings. The van der Waals surface area contributed by atoms with Crippen molar-refractivity contribution >= 4 is 38.8 Å². The van der Waals surface area contributed by atoms with Crippen LogP contribution in [-0.2, 0) is 12.8 Å². The van der Waals surface area contributed by atoms with Crippen molar-refractivity contribution in [1.82, 2.24) is 4.98 Å². The van der Waals surface area contributed by atoms with Crippen LogP contribution in [0.4, 0.5) is 11.4 Å². The van der Waals surface area contributed by atoms with Gasteiger partial charge in [0, 0.05) is 16.8 Å². The molecule has 0 atom stereocenters. The van der Waals surface area contributed by atoms with Crippen molar-refractivity contribution in [2.24, 2.45) is 0 Å². The number of hydrogen-bond donors (Lipinski definition) is 2. The van der Waals surface area contributed by atoms with Crippen LogP contribution in [0.3, 0.4) is 0 Å². The Morgan fingerprint density at radius 3 is 2.46 bits per heavy atom. The second-order valence-electron chi connectivity index (χ2n) is 9.33. The molecule has 5 nitrogen and oxygen atoms in total. The minimum atomic E-state index is -0.184. The standard InChI is InChI=1S/C29H31N3O2S/c1-5-34-20-12-10-19(11-13-20)23-21-8-6-7-9-22(21)31-29-24(23)25(30)27(35-29)28(33)32-26-17(3)14-16(2)15-18(26)4/h10-15H,5-9,30H2,1-4H3,(H,32,33). The van der Waals surface area contributed by atoms with E-state index in [0.29, 0.717) is 17.2 Å². The zero-order valence-corrected chi connectivity index (χ0v) is 21.6. The molecule has 2 aromatic heterocycles. The summed E-state index contributed by atoms with van der Waals surface area (Å²) in [6.45, 7) is 8.71. The van der Waals surface area contributed by atoms with Gasteiger partial charge in [-0.2, -0.15) is 0 Å². The number of ether oxygens (including phenoxy) is 1. The highest BCUT2D eigenvalue weighted by Gasteiger charge is 2.26. The second-order valence-corrected chi connectivity index (χ2v) is 10.3. The molecular formula is C29H31N3O2S. The summed E-state index contributed by atoms with van der Waals surface area (Å²) < 4.78 is 5.65. The average molecular weight is 486 g/mol. The lowest BCUT2D eigenvalue weighted by Crippen LogP contribution is -2.14.